The highest BCUT2D eigenvalue weighted by molar-refractivity contribution is 6.04. The molecule has 3 amide bonds. The minimum atomic E-state index is -0.713. The molecule has 178 valence electrons. The fourth-order valence-electron chi connectivity index (χ4n) is 4.39. The van der Waals surface area contributed by atoms with Crippen LogP contribution in [0.1, 0.15) is 56.7 Å². The fraction of sp³-hybridized carbons (Fsp3) is 0.370. The first-order chi connectivity index (χ1) is 16.5. The van der Waals surface area contributed by atoms with Crippen LogP contribution >= 0.6 is 0 Å². The number of urea groups is 1. The van der Waals surface area contributed by atoms with Gasteiger partial charge in [-0.25, -0.2) is 9.59 Å². The molecule has 7 heteroatoms. The number of rotatable bonds is 8. The van der Waals surface area contributed by atoms with Gasteiger partial charge in [0.15, 0.2) is 0 Å². The molecule has 2 aromatic carbocycles. The summed E-state index contributed by atoms with van der Waals surface area (Å²) in [5.41, 5.74) is 3.05. The van der Waals surface area contributed by atoms with Crippen molar-refractivity contribution < 1.29 is 19.1 Å². The van der Waals surface area contributed by atoms with Crippen LogP contribution in [0, 0.1) is 5.92 Å². The Morgan fingerprint density at radius 3 is 2.50 bits per heavy atom. The van der Waals surface area contributed by atoms with E-state index in [4.69, 9.17) is 4.74 Å². The highest BCUT2D eigenvalue weighted by atomic mass is 16.5. The number of benzene rings is 2. The van der Waals surface area contributed by atoms with Crippen LogP contribution in [0.2, 0.25) is 0 Å². The second kappa shape index (κ2) is 10.5. The van der Waals surface area contributed by atoms with E-state index >= 15 is 0 Å². The van der Waals surface area contributed by atoms with Crippen LogP contribution in [0.15, 0.2) is 60.2 Å². The Bertz CT molecular complexity index is 1090. The van der Waals surface area contributed by atoms with Gasteiger partial charge >= 0.3 is 12.0 Å². The molecule has 0 aromatic heterocycles. The average molecular weight is 462 g/mol. The second-order valence-electron chi connectivity index (χ2n) is 8.63. The summed E-state index contributed by atoms with van der Waals surface area (Å²) in [5, 5.41) is 5.98. The maximum atomic E-state index is 13.3. The maximum Gasteiger partial charge on any atom is 0.338 e. The number of nitrogens with one attached hydrogen (secondary N) is 2. The zero-order chi connectivity index (χ0) is 24.1. The van der Waals surface area contributed by atoms with Crippen LogP contribution in [-0.2, 0) is 14.3 Å². The van der Waals surface area contributed by atoms with Gasteiger partial charge in [0, 0.05) is 18.2 Å². The van der Waals surface area contributed by atoms with Gasteiger partial charge in [-0.15, -0.1) is 0 Å². The van der Waals surface area contributed by atoms with E-state index in [0.717, 1.165) is 31.2 Å². The molecule has 7 nitrogen and oxygen atoms in total. The molecule has 2 N–H and O–H groups in total. The van der Waals surface area contributed by atoms with E-state index in [0.29, 0.717) is 29.1 Å². The standard InChI is InChI=1S/C27H31N3O4/c1-3-16-30-24(18-10-6-5-7-11-18)22(26(32)34-4-2)23(29-27(30)33)20-14-9-15-21(17-20)28-25(31)19-12-8-13-19/h5-7,9-11,14-15,17,19,23H,3-4,8,12-13,16H2,1-2H3,(H,28,31)(H,29,33). The van der Waals surface area contributed by atoms with Gasteiger partial charge < -0.3 is 15.4 Å². The van der Waals surface area contributed by atoms with E-state index in [1.165, 1.54) is 0 Å². The van der Waals surface area contributed by atoms with Crippen molar-refractivity contribution in [1.82, 2.24) is 10.2 Å². The van der Waals surface area contributed by atoms with E-state index in [-0.39, 0.29) is 24.5 Å². The Balaban J connectivity index is 1.80. The van der Waals surface area contributed by atoms with Gasteiger partial charge in [0.2, 0.25) is 5.91 Å². The Labute approximate surface area is 200 Å². The van der Waals surface area contributed by atoms with E-state index in [9.17, 15) is 14.4 Å². The summed E-state index contributed by atoms with van der Waals surface area (Å²) in [4.78, 5) is 40.6. The van der Waals surface area contributed by atoms with Crippen molar-refractivity contribution in [2.24, 2.45) is 5.92 Å². The third-order valence-electron chi connectivity index (χ3n) is 6.28. The molecule has 34 heavy (non-hydrogen) atoms. The molecule has 1 heterocycles. The molecule has 0 bridgehead atoms. The van der Waals surface area contributed by atoms with Crippen LogP contribution in [0.25, 0.3) is 5.70 Å². The second-order valence-corrected chi connectivity index (χ2v) is 8.63. The molecule has 1 fully saturated rings. The number of amides is 3. The third kappa shape index (κ3) is 4.83. The molecular formula is C27H31N3O4. The molecule has 1 unspecified atom stereocenters. The summed E-state index contributed by atoms with van der Waals surface area (Å²) in [6, 6.07) is 15.8. The average Bonchev–Trinajstić information content (AvgIpc) is 2.79. The quantitative estimate of drug-likeness (QED) is 0.549. The number of carbonyl (C=O) groups is 3. The van der Waals surface area contributed by atoms with Crippen molar-refractivity contribution in [3.8, 4) is 0 Å². The van der Waals surface area contributed by atoms with E-state index < -0.39 is 12.0 Å². The number of esters is 1. The summed E-state index contributed by atoms with van der Waals surface area (Å²) in [6.45, 7) is 4.43. The first kappa shape index (κ1) is 23.5. The Hall–Kier alpha value is -3.61. The van der Waals surface area contributed by atoms with Gasteiger partial charge in [0.05, 0.1) is 23.9 Å². The molecule has 1 aliphatic heterocycles. The predicted octanol–water partition coefficient (Wildman–Crippen LogP) is 4.88. The molecule has 2 aliphatic rings. The number of carbonyl (C=O) groups excluding carboxylic acids is 3. The topological polar surface area (TPSA) is 87.7 Å². The smallest absolute Gasteiger partial charge is 0.338 e. The van der Waals surface area contributed by atoms with Crippen molar-refractivity contribution >= 4 is 29.3 Å². The van der Waals surface area contributed by atoms with Gasteiger partial charge in [0.25, 0.3) is 0 Å². The van der Waals surface area contributed by atoms with Crippen LogP contribution in [0.5, 0.6) is 0 Å². The summed E-state index contributed by atoms with van der Waals surface area (Å²) in [5.74, 6) is -0.409. The molecule has 1 saturated carbocycles. The molecule has 0 spiro atoms. The number of anilines is 1. The number of nitrogens with zero attached hydrogens (tertiary/aromatic N) is 1. The van der Waals surface area contributed by atoms with E-state index in [1.807, 2.05) is 61.5 Å². The van der Waals surface area contributed by atoms with Gasteiger partial charge in [-0.1, -0.05) is 55.8 Å². The van der Waals surface area contributed by atoms with Crippen molar-refractivity contribution in [3.05, 3.63) is 71.3 Å². The lowest BCUT2D eigenvalue weighted by Crippen LogP contribution is -2.48. The normalized spacial score (nSPS) is 18.2. The largest absolute Gasteiger partial charge is 0.463 e. The lowest BCUT2D eigenvalue weighted by Gasteiger charge is -2.37. The zero-order valence-electron chi connectivity index (χ0n) is 19.7. The summed E-state index contributed by atoms with van der Waals surface area (Å²) in [7, 11) is 0. The first-order valence-corrected chi connectivity index (χ1v) is 12.0. The van der Waals surface area contributed by atoms with Gasteiger partial charge in [-0.3, -0.25) is 9.69 Å². The van der Waals surface area contributed by atoms with Crippen LogP contribution in [0.4, 0.5) is 10.5 Å². The minimum Gasteiger partial charge on any atom is -0.463 e. The predicted molar refractivity (Wildman–Crippen MR) is 131 cm³/mol. The summed E-state index contributed by atoms with van der Waals surface area (Å²) in [6.07, 6.45) is 3.63. The van der Waals surface area contributed by atoms with Gasteiger partial charge in [-0.05, 0) is 49.4 Å². The minimum absolute atomic E-state index is 0.0105. The Morgan fingerprint density at radius 1 is 1.09 bits per heavy atom. The maximum absolute atomic E-state index is 13.3. The molecule has 1 atom stereocenters. The Morgan fingerprint density at radius 2 is 1.85 bits per heavy atom. The van der Waals surface area contributed by atoms with Crippen molar-refractivity contribution in [3.63, 3.8) is 0 Å². The molecular weight excluding hydrogens is 430 g/mol. The lowest BCUT2D eigenvalue weighted by atomic mass is 9.85. The lowest BCUT2D eigenvalue weighted by molar-refractivity contribution is -0.139. The number of hydrogen-bond acceptors (Lipinski definition) is 4. The van der Waals surface area contributed by atoms with Crippen LogP contribution in [-0.4, -0.2) is 36.0 Å². The van der Waals surface area contributed by atoms with Gasteiger partial charge in [0.1, 0.15) is 0 Å². The SMILES string of the molecule is CCCN1C(=O)NC(c2cccc(NC(=O)C3CCC3)c2)C(C(=O)OCC)=C1c1ccccc1. The van der Waals surface area contributed by atoms with Crippen molar-refractivity contribution in [2.75, 3.05) is 18.5 Å². The fourth-order valence-corrected chi connectivity index (χ4v) is 4.39. The van der Waals surface area contributed by atoms with Gasteiger partial charge in [-0.2, -0.15) is 0 Å². The van der Waals surface area contributed by atoms with Crippen LogP contribution in [0.3, 0.4) is 0 Å². The number of ether oxygens (including phenoxy) is 1. The summed E-state index contributed by atoms with van der Waals surface area (Å²) < 4.78 is 5.45. The molecule has 0 radical (unpaired) electrons. The third-order valence-corrected chi connectivity index (χ3v) is 6.28. The summed E-state index contributed by atoms with van der Waals surface area (Å²) >= 11 is 0. The number of hydrogen-bond donors (Lipinski definition) is 2. The zero-order valence-corrected chi connectivity index (χ0v) is 19.7. The molecule has 1 aliphatic carbocycles. The van der Waals surface area contributed by atoms with Crippen molar-refractivity contribution in [2.45, 2.75) is 45.6 Å². The highest BCUT2D eigenvalue weighted by Gasteiger charge is 2.38. The molecule has 4 rings (SSSR count). The van der Waals surface area contributed by atoms with Crippen LogP contribution < -0.4 is 10.6 Å². The van der Waals surface area contributed by atoms with E-state index in [1.54, 1.807) is 11.8 Å². The molecule has 2 aromatic rings. The highest BCUT2D eigenvalue weighted by Crippen LogP contribution is 2.37. The van der Waals surface area contributed by atoms with E-state index in [2.05, 4.69) is 10.6 Å². The first-order valence-electron chi connectivity index (χ1n) is 12.0. The Kier molecular flexibility index (Phi) is 7.30. The molecule has 0 saturated heterocycles. The monoisotopic (exact) mass is 461 g/mol. The van der Waals surface area contributed by atoms with Crippen molar-refractivity contribution in [1.29, 1.82) is 0 Å².